The van der Waals surface area contributed by atoms with Crippen molar-refractivity contribution in [2.24, 2.45) is 0 Å². The lowest BCUT2D eigenvalue weighted by Gasteiger charge is -2.20. The summed E-state index contributed by atoms with van der Waals surface area (Å²) >= 11 is 0. The van der Waals surface area contributed by atoms with Crippen LogP contribution in [0.1, 0.15) is 31.9 Å². The molecule has 0 aliphatic heterocycles. The third-order valence-electron chi connectivity index (χ3n) is 2.80. The van der Waals surface area contributed by atoms with Crippen molar-refractivity contribution in [2.45, 2.75) is 32.4 Å². The van der Waals surface area contributed by atoms with Gasteiger partial charge >= 0.3 is 0 Å². The number of hydrogen-bond acceptors (Lipinski definition) is 4. The molecule has 2 N–H and O–H groups in total. The lowest BCUT2D eigenvalue weighted by Crippen LogP contribution is -2.34. The molecular weight excluding hydrogens is 220 g/mol. The van der Waals surface area contributed by atoms with Crippen LogP contribution in [0.4, 0.5) is 5.69 Å². The first-order valence-electron chi connectivity index (χ1n) is 5.70. The fourth-order valence-electron chi connectivity index (χ4n) is 1.76. The second-order valence-corrected chi connectivity index (χ2v) is 3.99. The van der Waals surface area contributed by atoms with Crippen LogP contribution in [0.2, 0.25) is 0 Å². The molecule has 5 heteroatoms. The summed E-state index contributed by atoms with van der Waals surface area (Å²) in [4.78, 5) is 10.5. The molecule has 0 amide bonds. The van der Waals surface area contributed by atoms with Gasteiger partial charge in [-0.25, -0.2) is 0 Å². The first-order valence-corrected chi connectivity index (χ1v) is 5.70. The van der Waals surface area contributed by atoms with Crippen LogP contribution >= 0.6 is 0 Å². The molecule has 1 aromatic rings. The Balaban J connectivity index is 2.88. The highest BCUT2D eigenvalue weighted by Crippen LogP contribution is 2.24. The Bertz CT molecular complexity index is 378. The first-order chi connectivity index (χ1) is 8.10. The maximum atomic E-state index is 10.9. The van der Waals surface area contributed by atoms with Gasteiger partial charge in [0.1, 0.15) is 0 Å². The molecule has 0 saturated heterocycles. The van der Waals surface area contributed by atoms with E-state index in [2.05, 4.69) is 5.32 Å². The van der Waals surface area contributed by atoms with Crippen molar-refractivity contribution in [1.29, 1.82) is 0 Å². The Kier molecular flexibility index (Phi) is 5.06. The molecule has 0 radical (unpaired) electrons. The maximum absolute atomic E-state index is 10.9. The summed E-state index contributed by atoms with van der Waals surface area (Å²) in [7, 11) is 0. The minimum Gasteiger partial charge on any atom is -0.395 e. The summed E-state index contributed by atoms with van der Waals surface area (Å²) in [6, 6.07) is 6.46. The zero-order valence-corrected chi connectivity index (χ0v) is 10.1. The molecule has 0 spiro atoms. The quantitative estimate of drug-likeness (QED) is 0.587. The molecule has 1 unspecified atom stereocenters. The van der Waals surface area contributed by atoms with Gasteiger partial charge in [0.15, 0.2) is 0 Å². The SMILES string of the molecule is CC[C@@H](CO)NC(C)c1ccccc1[N+](=O)[O-]. The Morgan fingerprint density at radius 2 is 2.12 bits per heavy atom. The molecule has 0 saturated carbocycles. The van der Waals surface area contributed by atoms with Crippen LogP contribution in [0.3, 0.4) is 0 Å². The van der Waals surface area contributed by atoms with Crippen molar-refractivity contribution in [3.05, 3.63) is 39.9 Å². The molecule has 0 aliphatic rings. The van der Waals surface area contributed by atoms with Crippen LogP contribution in [-0.2, 0) is 0 Å². The number of nitrogens with one attached hydrogen (secondary N) is 1. The summed E-state index contributed by atoms with van der Waals surface area (Å²) in [5.41, 5.74) is 0.754. The fraction of sp³-hybridized carbons (Fsp3) is 0.500. The number of nitro benzene ring substituents is 1. The molecule has 0 fully saturated rings. The molecule has 0 aliphatic carbocycles. The van der Waals surface area contributed by atoms with Crippen molar-refractivity contribution in [3.8, 4) is 0 Å². The number of benzene rings is 1. The van der Waals surface area contributed by atoms with E-state index in [1.165, 1.54) is 6.07 Å². The summed E-state index contributed by atoms with van der Waals surface area (Å²) < 4.78 is 0. The molecular formula is C12H18N2O3. The van der Waals surface area contributed by atoms with E-state index in [1.807, 2.05) is 13.8 Å². The second-order valence-electron chi connectivity index (χ2n) is 3.99. The highest BCUT2D eigenvalue weighted by molar-refractivity contribution is 5.41. The third kappa shape index (κ3) is 3.51. The van der Waals surface area contributed by atoms with Crippen molar-refractivity contribution in [1.82, 2.24) is 5.32 Å². The van der Waals surface area contributed by atoms with Crippen LogP contribution in [0.5, 0.6) is 0 Å². The van der Waals surface area contributed by atoms with Gasteiger partial charge in [-0.1, -0.05) is 25.1 Å². The summed E-state index contributed by atoms with van der Waals surface area (Å²) in [5.74, 6) is 0. The highest BCUT2D eigenvalue weighted by atomic mass is 16.6. The van der Waals surface area contributed by atoms with Gasteiger partial charge in [0.2, 0.25) is 0 Å². The lowest BCUT2D eigenvalue weighted by molar-refractivity contribution is -0.385. The van der Waals surface area contributed by atoms with E-state index >= 15 is 0 Å². The van der Waals surface area contributed by atoms with E-state index in [1.54, 1.807) is 18.2 Å². The van der Waals surface area contributed by atoms with Gasteiger partial charge in [0, 0.05) is 23.7 Å². The smallest absolute Gasteiger partial charge is 0.274 e. The zero-order chi connectivity index (χ0) is 12.8. The molecule has 2 atom stereocenters. The number of aliphatic hydroxyl groups is 1. The van der Waals surface area contributed by atoms with E-state index in [0.29, 0.717) is 5.56 Å². The van der Waals surface area contributed by atoms with Crippen molar-refractivity contribution in [2.75, 3.05) is 6.61 Å². The predicted octanol–water partition coefficient (Wildman–Crippen LogP) is 2.02. The van der Waals surface area contributed by atoms with Gasteiger partial charge in [-0.05, 0) is 13.3 Å². The van der Waals surface area contributed by atoms with E-state index in [0.717, 1.165) is 6.42 Å². The van der Waals surface area contributed by atoms with Gasteiger partial charge < -0.3 is 10.4 Å². The second kappa shape index (κ2) is 6.32. The summed E-state index contributed by atoms with van der Waals surface area (Å²) in [6.07, 6.45) is 0.779. The molecule has 1 rings (SSSR count). The molecule has 0 aromatic heterocycles. The number of aliphatic hydroxyl groups excluding tert-OH is 1. The van der Waals surface area contributed by atoms with Crippen LogP contribution in [0.25, 0.3) is 0 Å². The summed E-state index contributed by atoms with van der Waals surface area (Å²) in [6.45, 7) is 3.85. The number of hydrogen-bond donors (Lipinski definition) is 2. The van der Waals surface area contributed by atoms with Gasteiger partial charge in [-0.3, -0.25) is 10.1 Å². The van der Waals surface area contributed by atoms with E-state index < -0.39 is 0 Å². The fourth-order valence-corrected chi connectivity index (χ4v) is 1.76. The van der Waals surface area contributed by atoms with Crippen LogP contribution in [-0.4, -0.2) is 22.7 Å². The number of para-hydroxylation sites is 1. The van der Waals surface area contributed by atoms with Crippen molar-refractivity contribution in [3.63, 3.8) is 0 Å². The topological polar surface area (TPSA) is 75.4 Å². The Labute approximate surface area is 101 Å². The number of nitro groups is 1. The Morgan fingerprint density at radius 1 is 1.47 bits per heavy atom. The van der Waals surface area contributed by atoms with Crippen molar-refractivity contribution < 1.29 is 10.0 Å². The number of rotatable bonds is 6. The third-order valence-corrected chi connectivity index (χ3v) is 2.80. The Morgan fingerprint density at radius 3 is 2.65 bits per heavy atom. The van der Waals surface area contributed by atoms with Gasteiger partial charge in [-0.2, -0.15) is 0 Å². The largest absolute Gasteiger partial charge is 0.395 e. The lowest BCUT2D eigenvalue weighted by atomic mass is 10.0. The minimum absolute atomic E-state index is 0.0292. The Hall–Kier alpha value is -1.46. The molecule has 94 valence electrons. The zero-order valence-electron chi connectivity index (χ0n) is 10.1. The van der Waals surface area contributed by atoms with Crippen LogP contribution < -0.4 is 5.32 Å². The van der Waals surface area contributed by atoms with Crippen molar-refractivity contribution >= 4 is 5.69 Å². The average Bonchev–Trinajstić information content (AvgIpc) is 2.35. The van der Waals surface area contributed by atoms with Gasteiger partial charge in [0.05, 0.1) is 11.5 Å². The first kappa shape index (κ1) is 13.6. The average molecular weight is 238 g/mol. The molecule has 0 heterocycles. The van der Waals surface area contributed by atoms with Gasteiger partial charge in [0.25, 0.3) is 5.69 Å². The normalized spacial score (nSPS) is 14.3. The predicted molar refractivity (Wildman–Crippen MR) is 65.8 cm³/mol. The molecule has 17 heavy (non-hydrogen) atoms. The number of nitrogens with zero attached hydrogens (tertiary/aromatic N) is 1. The standard InChI is InChI=1S/C12H18N2O3/c1-3-10(8-15)13-9(2)11-6-4-5-7-12(11)14(16)17/h4-7,9-10,13,15H,3,8H2,1-2H3/t9?,10-/m0/s1. The van der Waals surface area contributed by atoms with Crippen LogP contribution in [0, 0.1) is 10.1 Å². The summed E-state index contributed by atoms with van der Waals surface area (Å²) in [5, 5.41) is 23.2. The van der Waals surface area contributed by atoms with E-state index in [-0.39, 0.29) is 29.3 Å². The van der Waals surface area contributed by atoms with Gasteiger partial charge in [-0.15, -0.1) is 0 Å². The highest BCUT2D eigenvalue weighted by Gasteiger charge is 2.19. The molecule has 5 nitrogen and oxygen atoms in total. The minimum atomic E-state index is -0.382. The monoisotopic (exact) mass is 238 g/mol. The molecule has 0 bridgehead atoms. The molecule has 1 aromatic carbocycles. The maximum Gasteiger partial charge on any atom is 0.274 e. The van der Waals surface area contributed by atoms with E-state index in [4.69, 9.17) is 5.11 Å². The van der Waals surface area contributed by atoms with Crippen LogP contribution in [0.15, 0.2) is 24.3 Å². The van der Waals surface area contributed by atoms with E-state index in [9.17, 15) is 10.1 Å².